The van der Waals surface area contributed by atoms with Crippen LogP contribution in [-0.4, -0.2) is 45.9 Å². The SMILES string of the molecule is CN(c1ccccc1)S(=O)(=O)c1cccc(C(=O)NCC(c2ccco2)N2CCCCC2)c1. The third-order valence-electron chi connectivity index (χ3n) is 6.03. The molecule has 0 radical (unpaired) electrons. The number of sulfonamides is 1. The van der Waals surface area contributed by atoms with Gasteiger partial charge >= 0.3 is 0 Å². The minimum Gasteiger partial charge on any atom is -0.468 e. The molecule has 1 unspecified atom stereocenters. The molecule has 0 spiro atoms. The van der Waals surface area contributed by atoms with E-state index in [1.807, 2.05) is 18.2 Å². The van der Waals surface area contributed by atoms with Crippen molar-refractivity contribution in [1.29, 1.82) is 0 Å². The van der Waals surface area contributed by atoms with E-state index in [4.69, 9.17) is 4.42 Å². The highest BCUT2D eigenvalue weighted by Gasteiger charge is 2.26. The normalized spacial score (nSPS) is 15.7. The number of piperidine rings is 1. The minimum absolute atomic E-state index is 0.0552. The molecule has 7 nitrogen and oxygen atoms in total. The van der Waals surface area contributed by atoms with Gasteiger partial charge in [0.15, 0.2) is 0 Å². The Bertz CT molecular complexity index is 1160. The third kappa shape index (κ3) is 5.29. The van der Waals surface area contributed by atoms with Crippen molar-refractivity contribution in [3.8, 4) is 0 Å². The molecule has 174 valence electrons. The number of benzene rings is 2. The van der Waals surface area contributed by atoms with Gasteiger partial charge in [-0.15, -0.1) is 0 Å². The molecule has 1 saturated heterocycles. The lowest BCUT2D eigenvalue weighted by molar-refractivity contribution is 0.0914. The molecular weight excluding hydrogens is 438 g/mol. The molecule has 0 bridgehead atoms. The minimum atomic E-state index is -3.80. The predicted octanol–water partition coefficient (Wildman–Crippen LogP) is 4.06. The van der Waals surface area contributed by atoms with Gasteiger partial charge < -0.3 is 9.73 Å². The van der Waals surface area contributed by atoms with Gasteiger partial charge in [-0.25, -0.2) is 8.42 Å². The number of carbonyl (C=O) groups is 1. The van der Waals surface area contributed by atoms with Gasteiger partial charge in [-0.3, -0.25) is 14.0 Å². The number of nitrogens with zero attached hydrogens (tertiary/aromatic N) is 2. The smallest absolute Gasteiger partial charge is 0.264 e. The number of anilines is 1. The van der Waals surface area contributed by atoms with Crippen LogP contribution in [0.15, 0.2) is 82.3 Å². The number of likely N-dealkylation sites (tertiary alicyclic amines) is 1. The van der Waals surface area contributed by atoms with E-state index >= 15 is 0 Å². The van der Waals surface area contributed by atoms with Crippen molar-refractivity contribution in [3.05, 3.63) is 84.3 Å². The summed E-state index contributed by atoms with van der Waals surface area (Å²) in [7, 11) is -2.30. The Balaban J connectivity index is 1.49. The van der Waals surface area contributed by atoms with Crippen LogP contribution in [0.25, 0.3) is 0 Å². The Labute approximate surface area is 195 Å². The molecule has 3 aromatic rings. The van der Waals surface area contributed by atoms with Crippen LogP contribution >= 0.6 is 0 Å². The van der Waals surface area contributed by atoms with Gasteiger partial charge in [0.05, 0.1) is 22.9 Å². The number of carbonyl (C=O) groups excluding carboxylic acids is 1. The van der Waals surface area contributed by atoms with Gasteiger partial charge in [-0.05, 0) is 68.4 Å². The molecule has 1 atom stereocenters. The molecule has 1 amide bonds. The van der Waals surface area contributed by atoms with Crippen molar-refractivity contribution < 1.29 is 17.6 Å². The first-order valence-electron chi connectivity index (χ1n) is 11.2. The summed E-state index contributed by atoms with van der Waals surface area (Å²) in [6.07, 6.45) is 5.11. The summed E-state index contributed by atoms with van der Waals surface area (Å²) in [6, 6.07) is 18.7. The van der Waals surface area contributed by atoms with E-state index in [2.05, 4.69) is 10.2 Å². The van der Waals surface area contributed by atoms with Gasteiger partial charge in [0.2, 0.25) is 0 Å². The number of furan rings is 1. The average molecular weight is 468 g/mol. The van der Waals surface area contributed by atoms with E-state index in [0.29, 0.717) is 17.8 Å². The van der Waals surface area contributed by atoms with Gasteiger partial charge in [-0.2, -0.15) is 0 Å². The molecule has 0 saturated carbocycles. The Morgan fingerprint density at radius 1 is 1.03 bits per heavy atom. The van der Waals surface area contributed by atoms with E-state index in [9.17, 15) is 13.2 Å². The van der Waals surface area contributed by atoms with Crippen LogP contribution in [0.3, 0.4) is 0 Å². The molecule has 2 aromatic carbocycles. The third-order valence-corrected chi connectivity index (χ3v) is 7.81. The lowest BCUT2D eigenvalue weighted by atomic mass is 10.1. The van der Waals surface area contributed by atoms with Crippen LogP contribution in [0.4, 0.5) is 5.69 Å². The summed E-state index contributed by atoms with van der Waals surface area (Å²) in [5, 5.41) is 2.98. The maximum Gasteiger partial charge on any atom is 0.264 e. The van der Waals surface area contributed by atoms with E-state index in [-0.39, 0.29) is 16.8 Å². The van der Waals surface area contributed by atoms with E-state index in [1.165, 1.54) is 29.9 Å². The second-order valence-corrected chi connectivity index (χ2v) is 10.1. The van der Waals surface area contributed by atoms with Crippen molar-refractivity contribution in [2.45, 2.75) is 30.2 Å². The van der Waals surface area contributed by atoms with Gasteiger partial charge in [0, 0.05) is 19.2 Å². The molecule has 2 heterocycles. The van der Waals surface area contributed by atoms with Crippen LogP contribution < -0.4 is 9.62 Å². The predicted molar refractivity (Wildman–Crippen MR) is 128 cm³/mol. The first kappa shape index (κ1) is 23.1. The fourth-order valence-corrected chi connectivity index (χ4v) is 5.39. The van der Waals surface area contributed by atoms with E-state index in [1.54, 1.807) is 42.7 Å². The zero-order valence-corrected chi connectivity index (χ0v) is 19.5. The van der Waals surface area contributed by atoms with Crippen molar-refractivity contribution in [2.24, 2.45) is 0 Å². The lowest BCUT2D eigenvalue weighted by Gasteiger charge is -2.33. The van der Waals surface area contributed by atoms with Gasteiger partial charge in [0.1, 0.15) is 5.76 Å². The lowest BCUT2D eigenvalue weighted by Crippen LogP contribution is -2.40. The van der Waals surface area contributed by atoms with E-state index in [0.717, 1.165) is 31.7 Å². The maximum absolute atomic E-state index is 13.1. The highest BCUT2D eigenvalue weighted by atomic mass is 32.2. The largest absolute Gasteiger partial charge is 0.468 e. The summed E-state index contributed by atoms with van der Waals surface area (Å²) in [4.78, 5) is 15.4. The zero-order chi connectivity index (χ0) is 23.3. The Morgan fingerprint density at radius 3 is 2.48 bits per heavy atom. The Hall–Kier alpha value is -3.10. The number of hydrogen-bond acceptors (Lipinski definition) is 5. The van der Waals surface area contributed by atoms with Crippen LogP contribution in [0.2, 0.25) is 0 Å². The molecule has 1 aliphatic rings. The summed E-state index contributed by atoms with van der Waals surface area (Å²) < 4.78 is 33.1. The second kappa shape index (κ2) is 10.2. The Morgan fingerprint density at radius 2 is 1.79 bits per heavy atom. The molecule has 1 aromatic heterocycles. The number of rotatable bonds is 8. The first-order chi connectivity index (χ1) is 16.0. The standard InChI is InChI=1S/C25H29N3O4S/c1-27(21-11-4-2-5-12-21)33(30,31)22-13-8-10-20(18-22)25(29)26-19-23(24-14-9-17-32-24)28-15-6-3-7-16-28/h2,4-5,8-14,17-18,23H,3,6-7,15-16,19H2,1H3,(H,26,29). The van der Waals surface area contributed by atoms with Crippen LogP contribution in [0.5, 0.6) is 0 Å². The van der Waals surface area contributed by atoms with Crippen molar-refractivity contribution in [1.82, 2.24) is 10.2 Å². The van der Waals surface area contributed by atoms with Gasteiger partial charge in [0.25, 0.3) is 15.9 Å². The summed E-state index contributed by atoms with van der Waals surface area (Å²) in [6.45, 7) is 2.30. The number of amides is 1. The number of hydrogen-bond donors (Lipinski definition) is 1. The van der Waals surface area contributed by atoms with Crippen LogP contribution in [0.1, 0.15) is 41.4 Å². The Kier molecular flexibility index (Phi) is 7.15. The van der Waals surface area contributed by atoms with Crippen molar-refractivity contribution in [3.63, 3.8) is 0 Å². The fraction of sp³-hybridized carbons (Fsp3) is 0.320. The van der Waals surface area contributed by atoms with Gasteiger partial charge in [-0.1, -0.05) is 30.7 Å². The number of nitrogens with one attached hydrogen (secondary N) is 1. The highest BCUT2D eigenvalue weighted by molar-refractivity contribution is 7.92. The maximum atomic E-state index is 13.1. The molecule has 1 aliphatic heterocycles. The van der Waals surface area contributed by atoms with Crippen LogP contribution in [-0.2, 0) is 10.0 Å². The summed E-state index contributed by atoms with van der Waals surface area (Å²) in [5.41, 5.74) is 0.851. The molecule has 0 aliphatic carbocycles. The monoisotopic (exact) mass is 467 g/mol. The van der Waals surface area contributed by atoms with Crippen LogP contribution in [0, 0.1) is 0 Å². The highest BCUT2D eigenvalue weighted by Crippen LogP contribution is 2.25. The quantitative estimate of drug-likeness (QED) is 0.540. The molecule has 4 rings (SSSR count). The van der Waals surface area contributed by atoms with Crippen molar-refractivity contribution in [2.75, 3.05) is 31.0 Å². The summed E-state index contributed by atoms with van der Waals surface area (Å²) in [5.74, 6) is 0.501. The molecule has 1 fully saturated rings. The molecular formula is C25H29N3O4S. The zero-order valence-electron chi connectivity index (χ0n) is 18.7. The first-order valence-corrected chi connectivity index (χ1v) is 12.6. The van der Waals surface area contributed by atoms with E-state index < -0.39 is 10.0 Å². The topological polar surface area (TPSA) is 82.9 Å². The average Bonchev–Trinajstić information content (AvgIpc) is 3.39. The summed E-state index contributed by atoms with van der Waals surface area (Å²) >= 11 is 0. The molecule has 1 N–H and O–H groups in total. The van der Waals surface area contributed by atoms with Crippen molar-refractivity contribution >= 4 is 21.6 Å². The number of para-hydroxylation sites is 1. The second-order valence-electron chi connectivity index (χ2n) is 8.17. The molecule has 8 heteroatoms. The fourth-order valence-electron chi connectivity index (χ4n) is 4.14. The molecule has 33 heavy (non-hydrogen) atoms.